The van der Waals surface area contributed by atoms with Gasteiger partial charge in [0.1, 0.15) is 0 Å². The van der Waals surface area contributed by atoms with Crippen LogP contribution in [0.15, 0.2) is 46.5 Å². The maximum Gasteiger partial charge on any atom is 0.287 e. The molecule has 23 heavy (non-hydrogen) atoms. The highest BCUT2D eigenvalue weighted by Crippen LogP contribution is 2.21. The van der Waals surface area contributed by atoms with E-state index in [-0.39, 0.29) is 16.9 Å². The van der Waals surface area contributed by atoms with E-state index >= 15 is 0 Å². The lowest BCUT2D eigenvalue weighted by Gasteiger charge is -2.01. The lowest BCUT2D eigenvalue weighted by molar-refractivity contribution is 0.0925. The molecule has 0 spiro atoms. The van der Waals surface area contributed by atoms with Gasteiger partial charge in [0.25, 0.3) is 5.91 Å². The molecule has 0 aliphatic rings. The second-order valence-corrected chi connectivity index (χ2v) is 6.14. The number of pyridine rings is 1. The van der Waals surface area contributed by atoms with E-state index in [9.17, 15) is 4.79 Å². The van der Waals surface area contributed by atoms with Gasteiger partial charge in [0.2, 0.25) is 0 Å². The topological polar surface area (TPSA) is 68.0 Å². The molecule has 0 radical (unpaired) electrons. The number of halogens is 1. The Morgan fingerprint density at radius 1 is 1.26 bits per heavy atom. The number of hydrogen-bond donors (Lipinski definition) is 1. The Labute approximate surface area is 142 Å². The summed E-state index contributed by atoms with van der Waals surface area (Å²) in [6.45, 7) is 0.557. The summed E-state index contributed by atoms with van der Waals surface area (Å²) in [6, 6.07) is 6.98. The lowest BCUT2D eigenvalue weighted by Crippen LogP contribution is -2.24. The van der Waals surface area contributed by atoms with Crippen LogP contribution in [-0.2, 0) is 6.42 Å². The van der Waals surface area contributed by atoms with Gasteiger partial charge in [-0.15, -0.1) is 11.3 Å². The highest BCUT2D eigenvalue weighted by atomic mass is 35.5. The fourth-order valence-electron chi connectivity index (χ4n) is 2.05. The zero-order valence-electron chi connectivity index (χ0n) is 12.2. The summed E-state index contributed by atoms with van der Waals surface area (Å²) in [5.41, 5.74) is 2.02. The quantitative estimate of drug-likeness (QED) is 0.688. The molecular weight excluding hydrogens is 334 g/mol. The number of hydrogen-bond acceptors (Lipinski definition) is 5. The van der Waals surface area contributed by atoms with Crippen LogP contribution in [0.25, 0.3) is 11.3 Å². The van der Waals surface area contributed by atoms with Crippen LogP contribution in [-0.4, -0.2) is 22.4 Å². The molecule has 3 rings (SSSR count). The number of nitrogens with one attached hydrogen (secondary N) is 1. The molecule has 3 aromatic rings. The van der Waals surface area contributed by atoms with Crippen LogP contribution >= 0.6 is 22.9 Å². The van der Waals surface area contributed by atoms with Gasteiger partial charge >= 0.3 is 0 Å². The zero-order chi connectivity index (χ0) is 16.1. The summed E-state index contributed by atoms with van der Waals surface area (Å²) in [4.78, 5) is 20.4. The predicted octanol–water partition coefficient (Wildman–Crippen LogP) is 3.81. The van der Waals surface area contributed by atoms with E-state index in [0.29, 0.717) is 6.54 Å². The summed E-state index contributed by atoms with van der Waals surface area (Å²) >= 11 is 7.26. The van der Waals surface area contributed by atoms with Crippen molar-refractivity contribution in [2.75, 3.05) is 6.54 Å². The van der Waals surface area contributed by atoms with Crippen LogP contribution in [0.4, 0.5) is 0 Å². The van der Waals surface area contributed by atoms with Crippen molar-refractivity contribution in [3.05, 3.63) is 58.0 Å². The van der Waals surface area contributed by atoms with Crippen LogP contribution in [0.2, 0.25) is 5.22 Å². The molecule has 118 valence electrons. The first kappa shape index (κ1) is 15.7. The third-order valence-corrected chi connectivity index (χ3v) is 4.29. The Kier molecular flexibility index (Phi) is 5.05. The van der Waals surface area contributed by atoms with Crippen LogP contribution in [0.3, 0.4) is 0 Å². The van der Waals surface area contributed by atoms with E-state index in [4.69, 9.17) is 16.0 Å². The number of furan rings is 1. The van der Waals surface area contributed by atoms with Crippen molar-refractivity contribution in [2.45, 2.75) is 12.8 Å². The van der Waals surface area contributed by atoms with E-state index in [2.05, 4.69) is 15.3 Å². The zero-order valence-corrected chi connectivity index (χ0v) is 13.7. The van der Waals surface area contributed by atoms with Gasteiger partial charge in [-0.05, 0) is 42.3 Å². The molecule has 0 bridgehead atoms. The van der Waals surface area contributed by atoms with Gasteiger partial charge in [0, 0.05) is 36.3 Å². The maximum absolute atomic E-state index is 11.8. The van der Waals surface area contributed by atoms with E-state index in [1.165, 1.54) is 0 Å². The highest BCUT2D eigenvalue weighted by molar-refractivity contribution is 7.09. The normalized spacial score (nSPS) is 10.7. The second kappa shape index (κ2) is 7.39. The Hall–Kier alpha value is -2.18. The molecule has 0 aliphatic carbocycles. The fourth-order valence-corrected chi connectivity index (χ4v) is 3.04. The highest BCUT2D eigenvalue weighted by Gasteiger charge is 2.10. The molecule has 0 saturated heterocycles. The van der Waals surface area contributed by atoms with Crippen molar-refractivity contribution < 1.29 is 9.21 Å². The first-order valence-corrected chi connectivity index (χ1v) is 8.36. The number of amides is 1. The van der Waals surface area contributed by atoms with Gasteiger partial charge in [-0.1, -0.05) is 0 Å². The second-order valence-electron chi connectivity index (χ2n) is 4.83. The summed E-state index contributed by atoms with van der Waals surface area (Å²) in [6.07, 6.45) is 5.13. The third-order valence-electron chi connectivity index (χ3n) is 3.18. The van der Waals surface area contributed by atoms with E-state index < -0.39 is 0 Å². The minimum Gasteiger partial charge on any atom is -0.440 e. The van der Waals surface area contributed by atoms with Crippen molar-refractivity contribution in [2.24, 2.45) is 0 Å². The summed E-state index contributed by atoms with van der Waals surface area (Å²) < 4.78 is 5.05. The van der Waals surface area contributed by atoms with Crippen molar-refractivity contribution in [1.82, 2.24) is 15.3 Å². The molecule has 0 unspecified atom stereocenters. The monoisotopic (exact) mass is 347 g/mol. The molecule has 1 N–H and O–H groups in total. The average molecular weight is 348 g/mol. The standard InChI is InChI=1S/C16H14ClN3O2S/c17-14-4-3-13(22-14)16(21)19-7-1-2-15-20-12(10-23-15)11-5-8-18-9-6-11/h3-6,8-10H,1-2,7H2,(H,19,21). The summed E-state index contributed by atoms with van der Waals surface area (Å²) in [5, 5.41) is 6.09. The number of rotatable bonds is 6. The molecule has 5 nitrogen and oxygen atoms in total. The van der Waals surface area contributed by atoms with Crippen LogP contribution < -0.4 is 5.32 Å². The third kappa shape index (κ3) is 4.18. The molecule has 7 heteroatoms. The largest absolute Gasteiger partial charge is 0.440 e. The van der Waals surface area contributed by atoms with Crippen molar-refractivity contribution >= 4 is 28.8 Å². The molecule has 0 fully saturated rings. The van der Waals surface area contributed by atoms with Crippen LogP contribution in [0, 0.1) is 0 Å². The number of carbonyl (C=O) groups excluding carboxylic acids is 1. The molecule has 3 heterocycles. The molecule has 0 aliphatic heterocycles. The Balaban J connectivity index is 1.46. The van der Waals surface area contributed by atoms with Gasteiger partial charge in [0.15, 0.2) is 11.0 Å². The maximum atomic E-state index is 11.8. The van der Waals surface area contributed by atoms with Crippen LogP contribution in [0.1, 0.15) is 22.0 Å². The fraction of sp³-hybridized carbons (Fsp3) is 0.188. The van der Waals surface area contributed by atoms with Gasteiger partial charge in [0.05, 0.1) is 10.7 Å². The lowest BCUT2D eigenvalue weighted by atomic mass is 10.2. The Morgan fingerprint density at radius 2 is 2.09 bits per heavy atom. The molecule has 0 aromatic carbocycles. The number of carbonyl (C=O) groups is 1. The SMILES string of the molecule is O=C(NCCCc1nc(-c2ccncc2)cs1)c1ccc(Cl)o1. The Bertz CT molecular complexity index is 785. The minimum absolute atomic E-state index is 0.210. The van der Waals surface area contributed by atoms with Gasteiger partial charge in [-0.25, -0.2) is 4.98 Å². The van der Waals surface area contributed by atoms with E-state index in [1.807, 2.05) is 17.5 Å². The average Bonchev–Trinajstić information content (AvgIpc) is 3.21. The first-order valence-electron chi connectivity index (χ1n) is 7.11. The van der Waals surface area contributed by atoms with Crippen molar-refractivity contribution in [3.63, 3.8) is 0 Å². The van der Waals surface area contributed by atoms with Gasteiger partial charge in [-0.2, -0.15) is 0 Å². The van der Waals surface area contributed by atoms with Crippen LogP contribution in [0.5, 0.6) is 0 Å². The molecular formula is C16H14ClN3O2S. The molecule has 0 atom stereocenters. The molecule has 3 aromatic heterocycles. The summed E-state index contributed by atoms with van der Waals surface area (Å²) in [7, 11) is 0. The smallest absolute Gasteiger partial charge is 0.287 e. The van der Waals surface area contributed by atoms with Crippen molar-refractivity contribution in [3.8, 4) is 11.3 Å². The van der Waals surface area contributed by atoms with Gasteiger partial charge in [-0.3, -0.25) is 9.78 Å². The predicted molar refractivity (Wildman–Crippen MR) is 89.7 cm³/mol. The number of aryl methyl sites for hydroxylation is 1. The number of aromatic nitrogens is 2. The van der Waals surface area contributed by atoms with E-state index in [1.54, 1.807) is 35.9 Å². The minimum atomic E-state index is -0.256. The van der Waals surface area contributed by atoms with Gasteiger partial charge < -0.3 is 9.73 Å². The Morgan fingerprint density at radius 3 is 2.83 bits per heavy atom. The number of nitrogens with zero attached hydrogens (tertiary/aromatic N) is 2. The first-order chi connectivity index (χ1) is 11.2. The summed E-state index contributed by atoms with van der Waals surface area (Å²) in [5.74, 6) is -0.0299. The van der Waals surface area contributed by atoms with Crippen molar-refractivity contribution in [1.29, 1.82) is 0 Å². The number of thiazole rings is 1. The van der Waals surface area contributed by atoms with E-state index in [0.717, 1.165) is 29.1 Å². The molecule has 1 amide bonds. The molecule has 0 saturated carbocycles.